The number of aryl methyl sites for hydroxylation is 1. The van der Waals surface area contributed by atoms with E-state index < -0.39 is 5.54 Å². The Labute approximate surface area is 113 Å². The first-order valence-electron chi connectivity index (χ1n) is 6.71. The van der Waals surface area contributed by atoms with Crippen LogP contribution in [0.15, 0.2) is 18.2 Å². The van der Waals surface area contributed by atoms with Gasteiger partial charge < -0.3 is 0 Å². The van der Waals surface area contributed by atoms with Gasteiger partial charge in [0, 0.05) is 11.1 Å². The van der Waals surface area contributed by atoms with E-state index in [0.29, 0.717) is 6.04 Å². The van der Waals surface area contributed by atoms with Crippen LogP contribution in [0.1, 0.15) is 43.2 Å². The molecule has 1 saturated carbocycles. The minimum atomic E-state index is -0.477. The van der Waals surface area contributed by atoms with Crippen LogP contribution in [0, 0.1) is 11.3 Å². The third-order valence-corrected chi connectivity index (χ3v) is 4.53. The van der Waals surface area contributed by atoms with Crippen molar-refractivity contribution in [3.8, 4) is 6.07 Å². The minimum Gasteiger partial charge on any atom is -0.293 e. The molecule has 0 bridgehead atoms. The smallest absolute Gasteiger partial charge is 0.133 e. The Morgan fingerprint density at radius 2 is 2.11 bits per heavy atom. The number of hydrogen-bond donors (Lipinski definition) is 1. The van der Waals surface area contributed by atoms with Gasteiger partial charge in [0.05, 0.1) is 6.07 Å². The minimum absolute atomic E-state index is 0.477. The first-order chi connectivity index (χ1) is 8.73. The lowest BCUT2D eigenvalue weighted by Gasteiger charge is -2.28. The molecule has 2 aliphatic rings. The van der Waals surface area contributed by atoms with Crippen molar-refractivity contribution >= 4 is 11.6 Å². The number of rotatable bonds is 2. The first kappa shape index (κ1) is 12.0. The van der Waals surface area contributed by atoms with E-state index in [1.54, 1.807) is 0 Å². The molecule has 0 heterocycles. The van der Waals surface area contributed by atoms with E-state index in [0.717, 1.165) is 23.4 Å². The van der Waals surface area contributed by atoms with E-state index in [9.17, 15) is 5.26 Å². The van der Waals surface area contributed by atoms with Crippen LogP contribution < -0.4 is 5.32 Å². The maximum absolute atomic E-state index is 9.65. The lowest BCUT2D eigenvalue weighted by atomic mass is 9.92. The molecule has 0 spiro atoms. The highest BCUT2D eigenvalue weighted by Crippen LogP contribution is 2.39. The molecule has 0 aliphatic heterocycles. The molecule has 0 saturated heterocycles. The maximum atomic E-state index is 9.65. The quantitative estimate of drug-likeness (QED) is 0.883. The summed E-state index contributed by atoms with van der Waals surface area (Å²) in [5.41, 5.74) is 1.89. The molecule has 0 aromatic heterocycles. The van der Waals surface area contributed by atoms with E-state index in [2.05, 4.69) is 11.4 Å². The molecule has 0 amide bonds. The maximum Gasteiger partial charge on any atom is 0.133 e. The van der Waals surface area contributed by atoms with Crippen molar-refractivity contribution in [3.63, 3.8) is 0 Å². The molecule has 3 rings (SSSR count). The SMILES string of the molecule is N#CC1(NC2CCCC2)CCc2cc(Cl)ccc21. The van der Waals surface area contributed by atoms with Gasteiger partial charge in [0.2, 0.25) is 0 Å². The highest BCUT2D eigenvalue weighted by Gasteiger charge is 2.40. The van der Waals surface area contributed by atoms with E-state index in [4.69, 9.17) is 11.6 Å². The third kappa shape index (κ3) is 1.92. The second kappa shape index (κ2) is 4.57. The molecular weight excluding hydrogens is 244 g/mol. The predicted octanol–water partition coefficient (Wildman–Crippen LogP) is 3.54. The van der Waals surface area contributed by atoms with Crippen molar-refractivity contribution in [2.24, 2.45) is 0 Å². The van der Waals surface area contributed by atoms with Crippen LogP contribution in [-0.2, 0) is 12.0 Å². The van der Waals surface area contributed by atoms with Gasteiger partial charge >= 0.3 is 0 Å². The molecular formula is C15H17ClN2. The zero-order chi connectivity index (χ0) is 12.6. The van der Waals surface area contributed by atoms with Crippen LogP contribution in [0.25, 0.3) is 0 Å². The third-order valence-electron chi connectivity index (χ3n) is 4.29. The zero-order valence-corrected chi connectivity index (χ0v) is 11.1. The van der Waals surface area contributed by atoms with Gasteiger partial charge in [0.1, 0.15) is 5.54 Å². The van der Waals surface area contributed by atoms with Crippen molar-refractivity contribution < 1.29 is 0 Å². The Hall–Kier alpha value is -1.04. The van der Waals surface area contributed by atoms with Crippen LogP contribution in [0.5, 0.6) is 0 Å². The van der Waals surface area contributed by atoms with E-state index in [-0.39, 0.29) is 0 Å². The van der Waals surface area contributed by atoms with Crippen LogP contribution >= 0.6 is 11.6 Å². The molecule has 1 atom stereocenters. The summed E-state index contributed by atoms with van der Waals surface area (Å²) in [6.07, 6.45) is 6.79. The summed E-state index contributed by atoms with van der Waals surface area (Å²) in [6, 6.07) is 8.96. The van der Waals surface area contributed by atoms with Gasteiger partial charge in [-0.3, -0.25) is 5.32 Å². The fourth-order valence-electron chi connectivity index (χ4n) is 3.36. The molecule has 1 aromatic carbocycles. The molecule has 1 N–H and O–H groups in total. The van der Waals surface area contributed by atoms with Gasteiger partial charge in [-0.2, -0.15) is 5.26 Å². The molecule has 2 aliphatic carbocycles. The Morgan fingerprint density at radius 3 is 2.83 bits per heavy atom. The normalized spacial score (nSPS) is 27.1. The average Bonchev–Trinajstić information content (AvgIpc) is 2.98. The summed E-state index contributed by atoms with van der Waals surface area (Å²) in [5.74, 6) is 0. The fraction of sp³-hybridized carbons (Fsp3) is 0.533. The molecule has 1 aromatic rings. The Morgan fingerprint density at radius 1 is 1.33 bits per heavy atom. The van der Waals surface area contributed by atoms with E-state index >= 15 is 0 Å². The standard InChI is InChI=1S/C15H17ClN2/c16-12-5-6-14-11(9-12)7-8-15(14,10-17)18-13-3-1-2-4-13/h5-6,9,13,18H,1-4,7-8H2. The highest BCUT2D eigenvalue weighted by atomic mass is 35.5. The van der Waals surface area contributed by atoms with Gasteiger partial charge in [0.15, 0.2) is 0 Å². The number of nitrogens with one attached hydrogen (secondary N) is 1. The lowest BCUT2D eigenvalue weighted by Crippen LogP contribution is -2.44. The lowest BCUT2D eigenvalue weighted by molar-refractivity contribution is 0.361. The monoisotopic (exact) mass is 260 g/mol. The number of halogens is 1. The van der Waals surface area contributed by atoms with Crippen molar-refractivity contribution in [2.45, 2.75) is 50.1 Å². The zero-order valence-electron chi connectivity index (χ0n) is 10.4. The number of fused-ring (bicyclic) bond motifs is 1. The molecule has 3 heteroatoms. The molecule has 18 heavy (non-hydrogen) atoms. The number of hydrogen-bond acceptors (Lipinski definition) is 2. The summed E-state index contributed by atoms with van der Waals surface area (Å²) >= 11 is 6.03. The van der Waals surface area contributed by atoms with Gasteiger partial charge in [-0.05, 0) is 48.9 Å². The number of nitrogens with zero attached hydrogens (tertiary/aromatic N) is 1. The molecule has 2 nitrogen and oxygen atoms in total. The Kier molecular flexibility index (Phi) is 3.05. The van der Waals surface area contributed by atoms with Gasteiger partial charge in [-0.1, -0.05) is 30.5 Å². The number of benzene rings is 1. The average molecular weight is 261 g/mol. The molecule has 1 fully saturated rings. The largest absolute Gasteiger partial charge is 0.293 e. The fourth-order valence-corrected chi connectivity index (χ4v) is 3.55. The van der Waals surface area contributed by atoms with Crippen LogP contribution in [0.3, 0.4) is 0 Å². The highest BCUT2D eigenvalue weighted by molar-refractivity contribution is 6.30. The van der Waals surface area contributed by atoms with Crippen molar-refractivity contribution in [3.05, 3.63) is 34.3 Å². The summed E-state index contributed by atoms with van der Waals surface area (Å²) in [4.78, 5) is 0. The van der Waals surface area contributed by atoms with Crippen molar-refractivity contribution in [1.82, 2.24) is 5.32 Å². The van der Waals surface area contributed by atoms with Crippen LogP contribution in [-0.4, -0.2) is 6.04 Å². The molecule has 94 valence electrons. The van der Waals surface area contributed by atoms with Gasteiger partial charge in [-0.25, -0.2) is 0 Å². The predicted molar refractivity (Wildman–Crippen MR) is 72.5 cm³/mol. The topological polar surface area (TPSA) is 35.8 Å². The van der Waals surface area contributed by atoms with Crippen molar-refractivity contribution in [2.75, 3.05) is 0 Å². The second-order valence-electron chi connectivity index (χ2n) is 5.44. The van der Waals surface area contributed by atoms with E-state index in [1.165, 1.54) is 31.2 Å². The first-order valence-corrected chi connectivity index (χ1v) is 7.09. The number of nitriles is 1. The summed E-state index contributed by atoms with van der Waals surface area (Å²) < 4.78 is 0. The molecule has 1 unspecified atom stereocenters. The van der Waals surface area contributed by atoms with Gasteiger partial charge in [0.25, 0.3) is 0 Å². The van der Waals surface area contributed by atoms with Crippen molar-refractivity contribution in [1.29, 1.82) is 5.26 Å². The van der Waals surface area contributed by atoms with E-state index in [1.807, 2.05) is 18.2 Å². The van der Waals surface area contributed by atoms with Crippen LogP contribution in [0.4, 0.5) is 0 Å². The molecule has 0 radical (unpaired) electrons. The summed E-state index contributed by atoms with van der Waals surface area (Å²) in [7, 11) is 0. The second-order valence-corrected chi connectivity index (χ2v) is 5.88. The van der Waals surface area contributed by atoms with Crippen LogP contribution in [0.2, 0.25) is 5.02 Å². The Bertz CT molecular complexity index is 500. The van der Waals surface area contributed by atoms with Gasteiger partial charge in [-0.15, -0.1) is 0 Å². The Balaban J connectivity index is 1.92. The summed E-state index contributed by atoms with van der Waals surface area (Å²) in [6.45, 7) is 0. The summed E-state index contributed by atoms with van der Waals surface area (Å²) in [5, 5.41) is 14.0.